The van der Waals surface area contributed by atoms with Gasteiger partial charge in [0.2, 0.25) is 0 Å². The van der Waals surface area contributed by atoms with Crippen LogP contribution in [-0.2, 0) is 13.1 Å². The minimum Gasteiger partial charge on any atom is -0.454 e. The predicted octanol–water partition coefficient (Wildman–Crippen LogP) is 4.02. The first kappa shape index (κ1) is 13.7. The minimum absolute atomic E-state index is 0.801. The number of para-hydroxylation sites is 1. The highest BCUT2D eigenvalue weighted by Gasteiger charge is 2.00. The molecule has 0 radical (unpaired) electrons. The van der Waals surface area contributed by atoms with Gasteiger partial charge in [0.05, 0.1) is 6.54 Å². The molecule has 0 bridgehead atoms. The molecule has 1 N–H and O–H groups in total. The van der Waals surface area contributed by atoms with Crippen molar-refractivity contribution in [2.75, 3.05) is 6.54 Å². The van der Waals surface area contributed by atoms with Crippen LogP contribution in [0.1, 0.15) is 12.2 Å². The monoisotopic (exact) mass is 380 g/mol. The van der Waals surface area contributed by atoms with E-state index in [-0.39, 0.29) is 0 Å². The summed E-state index contributed by atoms with van der Waals surface area (Å²) in [5.41, 5.74) is 1.31. The molecule has 3 rings (SSSR count). The van der Waals surface area contributed by atoms with Crippen molar-refractivity contribution in [2.24, 2.45) is 0 Å². The number of rotatable bonds is 6. The van der Waals surface area contributed by atoms with Crippen LogP contribution in [0.5, 0.6) is 0 Å². The number of nitrogens with zero attached hydrogens (tertiary/aromatic N) is 1. The van der Waals surface area contributed by atoms with Crippen LogP contribution in [0.25, 0.3) is 10.9 Å². The Bertz CT molecular complexity index is 686. The number of hydrogen-bond donors (Lipinski definition) is 1. The molecule has 1 aromatic carbocycles. The molecular formula is C16H17IN2O. The highest BCUT2D eigenvalue weighted by Crippen LogP contribution is 2.15. The molecule has 2 heterocycles. The second kappa shape index (κ2) is 6.45. The van der Waals surface area contributed by atoms with E-state index in [1.165, 1.54) is 10.9 Å². The first-order valence-corrected chi connectivity index (χ1v) is 7.89. The van der Waals surface area contributed by atoms with Gasteiger partial charge < -0.3 is 14.3 Å². The summed E-state index contributed by atoms with van der Waals surface area (Å²) in [6.07, 6.45) is 3.27. The summed E-state index contributed by atoms with van der Waals surface area (Å²) >= 11 is 2.19. The summed E-state index contributed by atoms with van der Waals surface area (Å²) in [5.74, 6) is 1.00. The Labute approximate surface area is 132 Å². The molecule has 4 heteroatoms. The van der Waals surface area contributed by atoms with E-state index in [2.05, 4.69) is 69.0 Å². The molecule has 0 aliphatic rings. The van der Waals surface area contributed by atoms with Gasteiger partial charge in [-0.25, -0.2) is 0 Å². The standard InChI is InChI=1S/C16H17IN2O/c17-16-7-6-14(20-16)12-18-9-3-10-19-11-8-13-4-1-2-5-15(13)19/h1-2,4-8,11,18H,3,9-10,12H2. The van der Waals surface area contributed by atoms with E-state index in [1.54, 1.807) is 0 Å². The van der Waals surface area contributed by atoms with Crippen molar-refractivity contribution in [3.63, 3.8) is 0 Å². The van der Waals surface area contributed by atoms with Crippen LogP contribution in [0.4, 0.5) is 0 Å². The summed E-state index contributed by atoms with van der Waals surface area (Å²) in [7, 11) is 0. The number of hydrogen-bond acceptors (Lipinski definition) is 2. The van der Waals surface area contributed by atoms with E-state index in [1.807, 2.05) is 12.1 Å². The molecule has 0 aliphatic carbocycles. The maximum atomic E-state index is 5.51. The van der Waals surface area contributed by atoms with Crippen molar-refractivity contribution < 1.29 is 4.42 Å². The van der Waals surface area contributed by atoms with E-state index in [0.717, 1.165) is 35.6 Å². The molecule has 104 valence electrons. The highest BCUT2D eigenvalue weighted by atomic mass is 127. The zero-order chi connectivity index (χ0) is 13.8. The molecule has 3 nitrogen and oxygen atoms in total. The molecule has 0 saturated heterocycles. The van der Waals surface area contributed by atoms with Crippen LogP contribution in [0.3, 0.4) is 0 Å². The van der Waals surface area contributed by atoms with E-state index >= 15 is 0 Å². The van der Waals surface area contributed by atoms with Crippen LogP contribution in [0, 0.1) is 3.77 Å². The van der Waals surface area contributed by atoms with E-state index < -0.39 is 0 Å². The average Bonchev–Trinajstić information content (AvgIpc) is 3.05. The number of benzene rings is 1. The molecular weight excluding hydrogens is 363 g/mol. The number of halogens is 1. The summed E-state index contributed by atoms with van der Waals surface area (Å²) in [4.78, 5) is 0. The number of furan rings is 1. The van der Waals surface area contributed by atoms with Crippen molar-refractivity contribution in [2.45, 2.75) is 19.5 Å². The smallest absolute Gasteiger partial charge is 0.164 e. The summed E-state index contributed by atoms with van der Waals surface area (Å²) in [6.45, 7) is 2.83. The Hall–Kier alpha value is -1.27. The third-order valence-electron chi connectivity index (χ3n) is 3.36. The Kier molecular flexibility index (Phi) is 4.42. The molecule has 3 aromatic rings. The molecule has 0 spiro atoms. The van der Waals surface area contributed by atoms with Crippen molar-refractivity contribution in [3.8, 4) is 0 Å². The molecule has 2 aromatic heterocycles. The SMILES string of the molecule is Ic1ccc(CNCCCn2ccc3ccccc32)o1. The molecule has 0 amide bonds. The van der Waals surface area contributed by atoms with Crippen LogP contribution in [0.2, 0.25) is 0 Å². The maximum absolute atomic E-state index is 5.51. The van der Waals surface area contributed by atoms with Crippen molar-refractivity contribution in [1.29, 1.82) is 0 Å². The van der Waals surface area contributed by atoms with Gasteiger partial charge >= 0.3 is 0 Å². The first-order chi connectivity index (χ1) is 9.83. The number of nitrogens with one attached hydrogen (secondary N) is 1. The lowest BCUT2D eigenvalue weighted by Gasteiger charge is -2.06. The lowest BCUT2D eigenvalue weighted by Crippen LogP contribution is -2.16. The average molecular weight is 380 g/mol. The molecule has 0 atom stereocenters. The lowest BCUT2D eigenvalue weighted by molar-refractivity contribution is 0.458. The van der Waals surface area contributed by atoms with Crippen LogP contribution in [0.15, 0.2) is 53.1 Å². The largest absolute Gasteiger partial charge is 0.454 e. The van der Waals surface area contributed by atoms with Crippen molar-refractivity contribution >= 4 is 33.5 Å². The van der Waals surface area contributed by atoms with E-state index in [4.69, 9.17) is 4.42 Å². The highest BCUT2D eigenvalue weighted by molar-refractivity contribution is 14.1. The molecule has 0 aliphatic heterocycles. The van der Waals surface area contributed by atoms with Crippen molar-refractivity contribution in [1.82, 2.24) is 9.88 Å². The van der Waals surface area contributed by atoms with Crippen LogP contribution < -0.4 is 5.32 Å². The first-order valence-electron chi connectivity index (χ1n) is 6.82. The summed E-state index contributed by atoms with van der Waals surface area (Å²) in [5, 5.41) is 4.73. The van der Waals surface area contributed by atoms with Gasteiger partial charge in [0, 0.05) is 18.3 Å². The maximum Gasteiger partial charge on any atom is 0.164 e. The predicted molar refractivity (Wildman–Crippen MR) is 89.7 cm³/mol. The number of aryl methyl sites for hydroxylation is 1. The van der Waals surface area contributed by atoms with Gasteiger partial charge in [0.1, 0.15) is 5.76 Å². The molecule has 0 unspecified atom stereocenters. The second-order valence-electron chi connectivity index (χ2n) is 4.80. The Morgan fingerprint density at radius 3 is 2.85 bits per heavy atom. The molecule has 20 heavy (non-hydrogen) atoms. The van der Waals surface area contributed by atoms with Gasteiger partial charge in [-0.15, -0.1) is 0 Å². The van der Waals surface area contributed by atoms with Crippen molar-refractivity contribution in [3.05, 3.63) is 58.2 Å². The fourth-order valence-electron chi connectivity index (χ4n) is 2.37. The van der Waals surface area contributed by atoms with Gasteiger partial charge in [-0.1, -0.05) is 18.2 Å². The third kappa shape index (κ3) is 3.24. The Morgan fingerprint density at radius 1 is 1.10 bits per heavy atom. The van der Waals surface area contributed by atoms with Crippen LogP contribution >= 0.6 is 22.6 Å². The van der Waals surface area contributed by atoms with Gasteiger partial charge in [0.25, 0.3) is 0 Å². The fraction of sp³-hybridized carbons (Fsp3) is 0.250. The summed E-state index contributed by atoms with van der Waals surface area (Å²) < 4.78 is 8.77. The molecule has 0 fully saturated rings. The number of aromatic nitrogens is 1. The van der Waals surface area contributed by atoms with E-state index in [9.17, 15) is 0 Å². The Balaban J connectivity index is 1.46. The lowest BCUT2D eigenvalue weighted by atomic mass is 10.2. The zero-order valence-electron chi connectivity index (χ0n) is 11.2. The summed E-state index contributed by atoms with van der Waals surface area (Å²) in [6, 6.07) is 14.7. The normalized spacial score (nSPS) is 11.2. The minimum atomic E-state index is 0.801. The topological polar surface area (TPSA) is 30.1 Å². The third-order valence-corrected chi connectivity index (χ3v) is 3.94. The van der Waals surface area contributed by atoms with Gasteiger partial charge in [-0.2, -0.15) is 0 Å². The quantitative estimate of drug-likeness (QED) is 0.517. The van der Waals surface area contributed by atoms with Gasteiger partial charge in [-0.3, -0.25) is 0 Å². The number of fused-ring (bicyclic) bond motifs is 1. The van der Waals surface area contributed by atoms with E-state index in [0.29, 0.717) is 0 Å². The van der Waals surface area contributed by atoms with Gasteiger partial charge in [-0.05, 0) is 65.2 Å². The molecule has 0 saturated carbocycles. The fourth-order valence-corrected chi connectivity index (χ4v) is 2.83. The Morgan fingerprint density at radius 2 is 2.00 bits per heavy atom. The van der Waals surface area contributed by atoms with Gasteiger partial charge in [0.15, 0.2) is 3.77 Å². The van der Waals surface area contributed by atoms with Crippen LogP contribution in [-0.4, -0.2) is 11.1 Å². The second-order valence-corrected chi connectivity index (χ2v) is 5.87. The zero-order valence-corrected chi connectivity index (χ0v) is 13.3.